The van der Waals surface area contributed by atoms with Crippen molar-refractivity contribution in [1.29, 1.82) is 0 Å². The molecule has 25 heavy (non-hydrogen) atoms. The van der Waals surface area contributed by atoms with Crippen molar-refractivity contribution in [2.45, 2.75) is 31.8 Å². The monoisotopic (exact) mass is 355 g/mol. The number of benzene rings is 1. The molecule has 128 valence electrons. The Hall–Kier alpha value is -2.53. The fourth-order valence-corrected chi connectivity index (χ4v) is 3.46. The Morgan fingerprint density at radius 3 is 3.04 bits per heavy atom. The van der Waals surface area contributed by atoms with Crippen LogP contribution in [0.4, 0.5) is 0 Å². The molecule has 1 aromatic carbocycles. The van der Waals surface area contributed by atoms with Gasteiger partial charge in [-0.25, -0.2) is 0 Å². The molecule has 1 aliphatic carbocycles. The van der Waals surface area contributed by atoms with E-state index in [1.54, 1.807) is 29.2 Å². The lowest BCUT2D eigenvalue weighted by Crippen LogP contribution is -2.30. The van der Waals surface area contributed by atoms with Gasteiger partial charge in [0.25, 0.3) is 5.91 Å². The van der Waals surface area contributed by atoms with Crippen LogP contribution in [-0.2, 0) is 13.0 Å². The topological polar surface area (TPSA) is 60.1 Å². The summed E-state index contributed by atoms with van der Waals surface area (Å²) in [4.78, 5) is 12.5. The lowest BCUT2D eigenvalue weighted by atomic mass is 9.88. The summed E-state index contributed by atoms with van der Waals surface area (Å²) >= 11 is 5.85. The molecule has 1 amide bonds. The van der Waals surface area contributed by atoms with Gasteiger partial charge in [-0.1, -0.05) is 35.9 Å². The van der Waals surface area contributed by atoms with E-state index >= 15 is 0 Å². The Morgan fingerprint density at radius 2 is 2.20 bits per heavy atom. The zero-order chi connectivity index (χ0) is 17.2. The number of carbonyl (C=O) groups is 1. The van der Waals surface area contributed by atoms with Gasteiger partial charge in [0.15, 0.2) is 5.76 Å². The maximum atomic E-state index is 12.5. The minimum absolute atomic E-state index is 0.0379. The number of carbonyl (C=O) groups excluding carboxylic acids is 1. The average molecular weight is 356 g/mol. The molecule has 0 saturated carbocycles. The summed E-state index contributed by atoms with van der Waals surface area (Å²) in [6, 6.07) is 11.8. The van der Waals surface area contributed by atoms with Crippen LogP contribution < -0.4 is 5.32 Å². The molecule has 4 rings (SSSR count). The van der Waals surface area contributed by atoms with Gasteiger partial charge >= 0.3 is 0 Å². The first kappa shape index (κ1) is 16.0. The Kier molecular flexibility index (Phi) is 4.32. The van der Waals surface area contributed by atoms with E-state index in [1.165, 1.54) is 11.1 Å². The summed E-state index contributed by atoms with van der Waals surface area (Å²) in [5.74, 6) is 0.789. The van der Waals surface area contributed by atoms with Crippen LogP contribution in [0.2, 0.25) is 5.02 Å². The molecule has 0 bridgehead atoms. The molecule has 5 nitrogen and oxygen atoms in total. The van der Waals surface area contributed by atoms with Gasteiger partial charge in [-0.2, -0.15) is 5.10 Å². The number of hydrogen-bond donors (Lipinski definition) is 1. The molecule has 6 heteroatoms. The van der Waals surface area contributed by atoms with Crippen LogP contribution in [0, 0.1) is 0 Å². The highest BCUT2D eigenvalue weighted by molar-refractivity contribution is 6.30. The zero-order valence-electron chi connectivity index (χ0n) is 13.6. The van der Waals surface area contributed by atoms with E-state index in [9.17, 15) is 4.79 Å². The summed E-state index contributed by atoms with van der Waals surface area (Å²) in [6.07, 6.45) is 6.37. The van der Waals surface area contributed by atoms with Gasteiger partial charge in [0, 0.05) is 6.20 Å². The van der Waals surface area contributed by atoms with Gasteiger partial charge < -0.3 is 9.73 Å². The summed E-state index contributed by atoms with van der Waals surface area (Å²) in [6.45, 7) is 0.437. The molecule has 2 heterocycles. The van der Waals surface area contributed by atoms with E-state index in [4.69, 9.17) is 16.0 Å². The van der Waals surface area contributed by atoms with Crippen LogP contribution in [-0.4, -0.2) is 15.7 Å². The van der Waals surface area contributed by atoms with E-state index in [0.29, 0.717) is 23.1 Å². The second kappa shape index (κ2) is 6.76. The third-order valence-corrected chi connectivity index (χ3v) is 4.67. The lowest BCUT2D eigenvalue weighted by Gasteiger charge is -2.25. The maximum absolute atomic E-state index is 12.5. The van der Waals surface area contributed by atoms with Crippen LogP contribution in [0.15, 0.2) is 53.2 Å². The first-order valence-corrected chi connectivity index (χ1v) is 8.72. The standard InChI is InChI=1S/C19H18ClN3O2/c20-14-10-21-23(11-14)12-15-8-9-18(25-15)19(24)22-17-7-3-5-13-4-1-2-6-16(13)17/h1-2,4,6,8-11,17H,3,5,7,12H2,(H,22,24). The van der Waals surface area contributed by atoms with Crippen molar-refractivity contribution in [1.82, 2.24) is 15.1 Å². The quantitative estimate of drug-likeness (QED) is 0.769. The Balaban J connectivity index is 1.45. The Labute approximate surface area is 150 Å². The van der Waals surface area contributed by atoms with E-state index in [2.05, 4.69) is 22.5 Å². The third kappa shape index (κ3) is 3.46. The number of aryl methyl sites for hydroxylation is 1. The number of nitrogens with zero attached hydrogens (tertiary/aromatic N) is 2. The smallest absolute Gasteiger partial charge is 0.287 e. The largest absolute Gasteiger partial charge is 0.454 e. The van der Waals surface area contributed by atoms with Gasteiger partial charge in [-0.05, 0) is 42.5 Å². The number of amides is 1. The van der Waals surface area contributed by atoms with Crippen molar-refractivity contribution in [3.05, 3.63) is 76.5 Å². The molecule has 0 spiro atoms. The summed E-state index contributed by atoms with van der Waals surface area (Å²) in [5, 5.41) is 7.77. The van der Waals surface area contributed by atoms with E-state index < -0.39 is 0 Å². The number of aromatic nitrogens is 2. The zero-order valence-corrected chi connectivity index (χ0v) is 14.4. The number of rotatable bonds is 4. The van der Waals surface area contributed by atoms with Crippen LogP contribution >= 0.6 is 11.6 Å². The molecule has 3 aromatic rings. The van der Waals surface area contributed by atoms with Crippen LogP contribution in [0.25, 0.3) is 0 Å². The van der Waals surface area contributed by atoms with Crippen molar-refractivity contribution < 1.29 is 9.21 Å². The summed E-state index contributed by atoms with van der Waals surface area (Å²) < 4.78 is 7.34. The molecule has 0 aliphatic heterocycles. The van der Waals surface area contributed by atoms with Crippen LogP contribution in [0.3, 0.4) is 0 Å². The number of furan rings is 1. The molecule has 1 N–H and O–H groups in total. The normalized spacial score (nSPS) is 16.4. The van der Waals surface area contributed by atoms with Crippen molar-refractivity contribution in [3.63, 3.8) is 0 Å². The van der Waals surface area contributed by atoms with Crippen LogP contribution in [0.1, 0.15) is 46.3 Å². The molecular formula is C19H18ClN3O2. The van der Waals surface area contributed by atoms with Crippen LogP contribution in [0.5, 0.6) is 0 Å². The summed E-state index contributed by atoms with van der Waals surface area (Å²) in [5.41, 5.74) is 2.52. The highest BCUT2D eigenvalue weighted by Gasteiger charge is 2.23. The first-order valence-electron chi connectivity index (χ1n) is 8.34. The van der Waals surface area contributed by atoms with Gasteiger partial charge in [0.2, 0.25) is 0 Å². The highest BCUT2D eigenvalue weighted by atomic mass is 35.5. The molecule has 1 atom stereocenters. The minimum Gasteiger partial charge on any atom is -0.454 e. The van der Waals surface area contributed by atoms with Crippen molar-refractivity contribution >= 4 is 17.5 Å². The van der Waals surface area contributed by atoms with E-state index in [-0.39, 0.29) is 11.9 Å². The lowest BCUT2D eigenvalue weighted by molar-refractivity contribution is 0.0902. The molecule has 2 aromatic heterocycles. The minimum atomic E-state index is -0.188. The summed E-state index contributed by atoms with van der Waals surface area (Å²) in [7, 11) is 0. The van der Waals surface area contributed by atoms with Gasteiger partial charge in [0.05, 0.1) is 23.8 Å². The van der Waals surface area contributed by atoms with Gasteiger partial charge in [0.1, 0.15) is 5.76 Å². The fourth-order valence-electron chi connectivity index (χ4n) is 3.30. The first-order chi connectivity index (χ1) is 12.2. The molecule has 0 radical (unpaired) electrons. The molecular weight excluding hydrogens is 338 g/mol. The Morgan fingerprint density at radius 1 is 1.32 bits per heavy atom. The maximum Gasteiger partial charge on any atom is 0.287 e. The molecule has 1 unspecified atom stereocenters. The third-order valence-electron chi connectivity index (χ3n) is 4.48. The second-order valence-corrected chi connectivity index (χ2v) is 6.68. The second-order valence-electron chi connectivity index (χ2n) is 6.24. The number of halogens is 1. The number of hydrogen-bond acceptors (Lipinski definition) is 3. The number of nitrogens with one attached hydrogen (secondary N) is 1. The van der Waals surface area contributed by atoms with E-state index in [0.717, 1.165) is 19.3 Å². The predicted octanol–water partition coefficient (Wildman–Crippen LogP) is 3.99. The molecule has 1 aliphatic rings. The van der Waals surface area contributed by atoms with Crippen molar-refractivity contribution in [2.24, 2.45) is 0 Å². The van der Waals surface area contributed by atoms with Gasteiger partial charge in [-0.15, -0.1) is 0 Å². The number of fused-ring (bicyclic) bond motifs is 1. The van der Waals surface area contributed by atoms with Gasteiger partial charge in [-0.3, -0.25) is 9.48 Å². The van der Waals surface area contributed by atoms with Crippen molar-refractivity contribution in [2.75, 3.05) is 0 Å². The van der Waals surface area contributed by atoms with Crippen molar-refractivity contribution in [3.8, 4) is 0 Å². The average Bonchev–Trinajstić information content (AvgIpc) is 3.25. The fraction of sp³-hybridized carbons (Fsp3) is 0.263. The Bertz CT molecular complexity index is 899. The SMILES string of the molecule is O=C(NC1CCCc2ccccc21)c1ccc(Cn2cc(Cl)cn2)o1. The molecule has 0 saturated heterocycles. The van der Waals surface area contributed by atoms with E-state index in [1.807, 2.05) is 12.1 Å². The molecule has 0 fully saturated rings. The predicted molar refractivity (Wildman–Crippen MR) is 94.6 cm³/mol. The highest BCUT2D eigenvalue weighted by Crippen LogP contribution is 2.29.